The molecule has 0 saturated carbocycles. The lowest BCUT2D eigenvalue weighted by Crippen LogP contribution is -2.37. The molecule has 0 saturated heterocycles. The molecule has 0 aliphatic carbocycles. The maximum Gasteiger partial charge on any atom is 0.335 e. The zero-order valence-electron chi connectivity index (χ0n) is 8.27. The molecule has 0 amide bonds. The van der Waals surface area contributed by atoms with Crippen molar-refractivity contribution < 1.29 is 15.0 Å². The molecule has 4 nitrogen and oxygen atoms in total. The minimum absolute atomic E-state index is 0.0160. The Kier molecular flexibility index (Phi) is 3.08. The van der Waals surface area contributed by atoms with Gasteiger partial charge in [0.2, 0.25) is 0 Å². The second-order valence-corrected chi connectivity index (χ2v) is 3.57. The van der Waals surface area contributed by atoms with Crippen molar-refractivity contribution in [3.8, 4) is 6.07 Å². The normalized spacial score (nSPS) is 13.9. The molecular weight excluding hydrogens is 194 g/mol. The van der Waals surface area contributed by atoms with Crippen LogP contribution in [0.2, 0.25) is 0 Å². The number of hydrogen-bond acceptors (Lipinski definition) is 3. The quantitative estimate of drug-likeness (QED) is 0.769. The van der Waals surface area contributed by atoms with E-state index in [4.69, 9.17) is 10.4 Å². The van der Waals surface area contributed by atoms with Gasteiger partial charge in [0.15, 0.2) is 5.60 Å². The summed E-state index contributed by atoms with van der Waals surface area (Å²) in [6.45, 7) is 1.23. The SMILES string of the molecule is CC(O)(Cc1cccc(C#N)c1)C(=O)O. The molecule has 0 aliphatic heterocycles. The lowest BCUT2D eigenvalue weighted by atomic mass is 9.96. The molecule has 0 aliphatic rings. The van der Waals surface area contributed by atoms with Gasteiger partial charge in [0, 0.05) is 6.42 Å². The average molecular weight is 205 g/mol. The Morgan fingerprint density at radius 3 is 2.80 bits per heavy atom. The Labute approximate surface area is 87.4 Å². The first-order valence-corrected chi connectivity index (χ1v) is 4.40. The first-order valence-electron chi connectivity index (χ1n) is 4.40. The van der Waals surface area contributed by atoms with Crippen LogP contribution in [0.1, 0.15) is 18.1 Å². The first-order chi connectivity index (χ1) is 6.95. The van der Waals surface area contributed by atoms with Crippen molar-refractivity contribution in [1.82, 2.24) is 0 Å². The third kappa shape index (κ3) is 2.79. The van der Waals surface area contributed by atoms with Crippen molar-refractivity contribution in [2.75, 3.05) is 0 Å². The van der Waals surface area contributed by atoms with Crippen LogP contribution >= 0.6 is 0 Å². The van der Waals surface area contributed by atoms with Gasteiger partial charge in [0.05, 0.1) is 11.6 Å². The summed E-state index contributed by atoms with van der Waals surface area (Å²) < 4.78 is 0. The number of aliphatic hydroxyl groups is 1. The number of hydrogen-bond donors (Lipinski definition) is 2. The van der Waals surface area contributed by atoms with Crippen LogP contribution in [0.3, 0.4) is 0 Å². The van der Waals surface area contributed by atoms with Crippen molar-refractivity contribution in [1.29, 1.82) is 5.26 Å². The van der Waals surface area contributed by atoms with E-state index in [1.54, 1.807) is 24.3 Å². The molecule has 0 aromatic heterocycles. The molecule has 1 atom stereocenters. The van der Waals surface area contributed by atoms with E-state index in [0.29, 0.717) is 11.1 Å². The third-order valence-electron chi connectivity index (χ3n) is 2.07. The number of carbonyl (C=O) groups is 1. The second kappa shape index (κ2) is 4.11. The maximum absolute atomic E-state index is 10.7. The predicted octanol–water partition coefficient (Wildman–Crippen LogP) is 0.936. The maximum atomic E-state index is 10.7. The summed E-state index contributed by atoms with van der Waals surface area (Å²) in [5, 5.41) is 26.9. The van der Waals surface area contributed by atoms with Crippen molar-refractivity contribution in [3.05, 3.63) is 35.4 Å². The summed E-state index contributed by atoms with van der Waals surface area (Å²) in [6, 6.07) is 8.48. The smallest absolute Gasteiger partial charge is 0.335 e. The Bertz CT molecular complexity index is 418. The van der Waals surface area contributed by atoms with Crippen molar-refractivity contribution in [2.24, 2.45) is 0 Å². The van der Waals surface area contributed by atoms with E-state index in [1.165, 1.54) is 6.92 Å². The molecule has 1 aromatic carbocycles. The second-order valence-electron chi connectivity index (χ2n) is 3.57. The van der Waals surface area contributed by atoms with Gasteiger partial charge >= 0.3 is 5.97 Å². The van der Waals surface area contributed by atoms with Crippen LogP contribution in [-0.2, 0) is 11.2 Å². The van der Waals surface area contributed by atoms with Crippen LogP contribution in [0.25, 0.3) is 0 Å². The lowest BCUT2D eigenvalue weighted by Gasteiger charge is -2.17. The summed E-state index contributed by atoms with van der Waals surface area (Å²) in [4.78, 5) is 10.7. The van der Waals surface area contributed by atoms with Gasteiger partial charge in [-0.2, -0.15) is 5.26 Å². The van der Waals surface area contributed by atoms with Gasteiger partial charge in [-0.1, -0.05) is 12.1 Å². The monoisotopic (exact) mass is 205 g/mol. The fourth-order valence-electron chi connectivity index (χ4n) is 1.22. The number of rotatable bonds is 3. The third-order valence-corrected chi connectivity index (χ3v) is 2.07. The topological polar surface area (TPSA) is 81.3 Å². The Balaban J connectivity index is 2.91. The largest absolute Gasteiger partial charge is 0.479 e. The molecule has 1 unspecified atom stereocenters. The number of carboxylic acids is 1. The molecule has 15 heavy (non-hydrogen) atoms. The van der Waals surface area contributed by atoms with E-state index in [9.17, 15) is 9.90 Å². The molecule has 0 bridgehead atoms. The number of aliphatic carboxylic acids is 1. The van der Waals surface area contributed by atoms with Crippen molar-refractivity contribution in [2.45, 2.75) is 18.9 Å². The Morgan fingerprint density at radius 2 is 2.27 bits per heavy atom. The molecule has 0 radical (unpaired) electrons. The highest BCUT2D eigenvalue weighted by molar-refractivity contribution is 5.76. The van der Waals surface area contributed by atoms with Crippen LogP contribution in [0.15, 0.2) is 24.3 Å². The van der Waals surface area contributed by atoms with Crippen molar-refractivity contribution in [3.63, 3.8) is 0 Å². The van der Waals surface area contributed by atoms with Crippen LogP contribution in [0.4, 0.5) is 0 Å². The molecule has 0 fully saturated rings. The van der Waals surface area contributed by atoms with E-state index < -0.39 is 11.6 Å². The minimum atomic E-state index is -1.80. The molecule has 0 heterocycles. The van der Waals surface area contributed by atoms with Crippen LogP contribution in [0, 0.1) is 11.3 Å². The van der Waals surface area contributed by atoms with Gasteiger partial charge in [0.25, 0.3) is 0 Å². The highest BCUT2D eigenvalue weighted by Gasteiger charge is 2.29. The van der Waals surface area contributed by atoms with E-state index in [-0.39, 0.29) is 6.42 Å². The van der Waals surface area contributed by atoms with Gasteiger partial charge in [-0.25, -0.2) is 4.79 Å². The molecule has 1 rings (SSSR count). The van der Waals surface area contributed by atoms with E-state index in [1.807, 2.05) is 6.07 Å². The van der Waals surface area contributed by atoms with Crippen molar-refractivity contribution >= 4 is 5.97 Å². The van der Waals surface area contributed by atoms with E-state index in [2.05, 4.69) is 0 Å². The molecule has 78 valence electrons. The predicted molar refractivity (Wildman–Crippen MR) is 53.1 cm³/mol. The summed E-state index contributed by atoms with van der Waals surface area (Å²) >= 11 is 0. The highest BCUT2D eigenvalue weighted by atomic mass is 16.4. The molecule has 1 aromatic rings. The zero-order valence-corrected chi connectivity index (χ0v) is 8.27. The number of benzene rings is 1. The Morgan fingerprint density at radius 1 is 1.60 bits per heavy atom. The Hall–Kier alpha value is -1.86. The van der Waals surface area contributed by atoms with Gasteiger partial charge in [-0.15, -0.1) is 0 Å². The van der Waals surface area contributed by atoms with Gasteiger partial charge in [-0.3, -0.25) is 0 Å². The average Bonchev–Trinajstić information content (AvgIpc) is 2.17. The van der Waals surface area contributed by atoms with Gasteiger partial charge < -0.3 is 10.2 Å². The van der Waals surface area contributed by atoms with E-state index in [0.717, 1.165) is 0 Å². The van der Waals surface area contributed by atoms with Gasteiger partial charge in [-0.05, 0) is 24.6 Å². The number of nitrogens with zero attached hydrogens (tertiary/aromatic N) is 1. The van der Waals surface area contributed by atoms with Gasteiger partial charge in [0.1, 0.15) is 0 Å². The molecule has 0 spiro atoms. The molecule has 4 heteroatoms. The number of carboxylic acid groups (broad SMARTS) is 1. The van der Waals surface area contributed by atoms with E-state index >= 15 is 0 Å². The standard InChI is InChI=1S/C11H11NO3/c1-11(15,10(13)14)6-8-3-2-4-9(5-8)7-12/h2-5,15H,6H2,1H3,(H,13,14). The summed E-state index contributed by atoms with van der Waals surface area (Å²) in [7, 11) is 0. The summed E-state index contributed by atoms with van der Waals surface area (Å²) in [5.74, 6) is -1.27. The number of nitriles is 1. The highest BCUT2D eigenvalue weighted by Crippen LogP contribution is 2.14. The molecular formula is C11H11NO3. The fraction of sp³-hybridized carbons (Fsp3) is 0.273. The minimum Gasteiger partial charge on any atom is -0.479 e. The van der Waals surface area contributed by atoms with Crippen LogP contribution < -0.4 is 0 Å². The summed E-state index contributed by atoms with van der Waals surface area (Å²) in [6.07, 6.45) is -0.0160. The first kappa shape index (κ1) is 11.2. The zero-order chi connectivity index (χ0) is 11.5. The lowest BCUT2D eigenvalue weighted by molar-refractivity contribution is -0.156. The van der Waals surface area contributed by atoms with Crippen LogP contribution in [0.5, 0.6) is 0 Å². The van der Waals surface area contributed by atoms with Crippen LogP contribution in [-0.4, -0.2) is 21.8 Å². The summed E-state index contributed by atoms with van der Waals surface area (Å²) in [5.41, 5.74) is -0.719. The molecule has 2 N–H and O–H groups in total. The fourth-order valence-corrected chi connectivity index (χ4v) is 1.22.